The minimum absolute atomic E-state index is 0.210. The van der Waals surface area contributed by atoms with Crippen molar-refractivity contribution in [2.75, 3.05) is 4.72 Å². The molecule has 2 rings (SSSR count). The van der Waals surface area contributed by atoms with Crippen molar-refractivity contribution in [1.82, 2.24) is 0 Å². The van der Waals surface area contributed by atoms with E-state index in [1.54, 1.807) is 37.3 Å². The predicted molar refractivity (Wildman–Crippen MR) is 86.1 cm³/mol. The molecule has 3 N–H and O–H groups in total. The number of halogens is 1. The molecule has 2 aromatic carbocycles. The summed E-state index contributed by atoms with van der Waals surface area (Å²) in [6.45, 7) is 3.92. The number of benzene rings is 2. The molecule has 0 spiro atoms. The van der Waals surface area contributed by atoms with Gasteiger partial charge in [-0.15, -0.1) is 0 Å². The number of nitrogens with one attached hydrogen (secondary N) is 1. The van der Waals surface area contributed by atoms with Crippen LogP contribution in [0, 0.1) is 13.8 Å². The second-order valence-corrected chi connectivity index (χ2v) is 6.89. The van der Waals surface area contributed by atoms with E-state index in [2.05, 4.69) is 4.72 Å². The van der Waals surface area contributed by atoms with Crippen LogP contribution in [0.3, 0.4) is 0 Å². The summed E-state index contributed by atoms with van der Waals surface area (Å²) in [6, 6.07) is 10.2. The highest BCUT2D eigenvalue weighted by atomic mass is 35.5. The first kappa shape index (κ1) is 15.8. The van der Waals surface area contributed by atoms with E-state index in [0.717, 1.165) is 11.1 Å². The van der Waals surface area contributed by atoms with Gasteiger partial charge in [-0.2, -0.15) is 0 Å². The van der Waals surface area contributed by atoms with Gasteiger partial charge >= 0.3 is 0 Å². The van der Waals surface area contributed by atoms with E-state index in [1.165, 1.54) is 0 Å². The fourth-order valence-electron chi connectivity index (χ4n) is 2.07. The van der Waals surface area contributed by atoms with E-state index in [1.807, 2.05) is 13.0 Å². The number of sulfonamides is 1. The second-order valence-electron chi connectivity index (χ2n) is 4.83. The summed E-state index contributed by atoms with van der Waals surface area (Å²) in [5, 5.41) is 0.367. The number of nitrogens with two attached hydrogens (primary N) is 1. The number of aryl methyl sites for hydroxylation is 1. The summed E-state index contributed by atoms with van der Waals surface area (Å²) < 4.78 is 27.6. The molecule has 0 unspecified atom stereocenters. The van der Waals surface area contributed by atoms with Crippen molar-refractivity contribution in [3.8, 4) is 0 Å². The lowest BCUT2D eigenvalue weighted by molar-refractivity contribution is 0.600. The molecule has 0 saturated carbocycles. The summed E-state index contributed by atoms with van der Waals surface area (Å²) in [7, 11) is -3.70. The minimum Gasteiger partial charge on any atom is -0.326 e. The molecule has 6 heteroatoms. The first-order valence-corrected chi connectivity index (χ1v) is 8.29. The monoisotopic (exact) mass is 324 g/mol. The van der Waals surface area contributed by atoms with Gasteiger partial charge in [0.2, 0.25) is 0 Å². The van der Waals surface area contributed by atoms with Crippen molar-refractivity contribution in [2.24, 2.45) is 5.73 Å². The van der Waals surface area contributed by atoms with Crippen LogP contribution in [0.25, 0.3) is 0 Å². The molecular formula is C15H17ClN2O2S. The van der Waals surface area contributed by atoms with Crippen LogP contribution in [-0.4, -0.2) is 8.42 Å². The van der Waals surface area contributed by atoms with E-state index in [-0.39, 0.29) is 4.90 Å². The summed E-state index contributed by atoms with van der Waals surface area (Å²) in [6.07, 6.45) is 0. The Labute approximate surface area is 130 Å². The van der Waals surface area contributed by atoms with Crippen molar-refractivity contribution in [3.05, 3.63) is 58.1 Å². The van der Waals surface area contributed by atoms with E-state index in [4.69, 9.17) is 17.3 Å². The fourth-order valence-corrected chi connectivity index (χ4v) is 3.78. The van der Waals surface area contributed by atoms with Gasteiger partial charge < -0.3 is 5.73 Å². The fraction of sp³-hybridized carbons (Fsp3) is 0.200. The molecule has 4 nitrogen and oxygen atoms in total. The Morgan fingerprint density at radius 1 is 1.19 bits per heavy atom. The van der Waals surface area contributed by atoms with Crippen molar-refractivity contribution >= 4 is 27.3 Å². The summed E-state index contributed by atoms with van der Waals surface area (Å²) in [5.41, 5.74) is 8.39. The van der Waals surface area contributed by atoms with Crippen molar-refractivity contribution in [2.45, 2.75) is 25.3 Å². The largest absolute Gasteiger partial charge is 0.326 e. The molecule has 0 bridgehead atoms. The topological polar surface area (TPSA) is 72.2 Å². The van der Waals surface area contributed by atoms with Gasteiger partial charge in [-0.25, -0.2) is 8.42 Å². The molecular weight excluding hydrogens is 308 g/mol. The van der Waals surface area contributed by atoms with Crippen molar-refractivity contribution in [3.63, 3.8) is 0 Å². The zero-order valence-corrected chi connectivity index (χ0v) is 13.4. The van der Waals surface area contributed by atoms with Gasteiger partial charge in [0.05, 0.1) is 15.6 Å². The predicted octanol–water partition coefficient (Wildman–Crippen LogP) is 3.22. The SMILES string of the molecule is Cc1ccc(NS(=O)(=O)c2cccc(CN)c2C)c(Cl)c1. The first-order valence-electron chi connectivity index (χ1n) is 6.42. The highest BCUT2D eigenvalue weighted by Gasteiger charge is 2.19. The Morgan fingerprint density at radius 3 is 2.52 bits per heavy atom. The van der Waals surface area contributed by atoms with Gasteiger partial charge in [-0.05, 0) is 48.7 Å². The second kappa shape index (κ2) is 6.05. The average molecular weight is 325 g/mol. The highest BCUT2D eigenvalue weighted by Crippen LogP contribution is 2.27. The van der Waals surface area contributed by atoms with Crippen LogP contribution in [0.2, 0.25) is 5.02 Å². The molecule has 21 heavy (non-hydrogen) atoms. The van der Waals surface area contributed by atoms with Crippen LogP contribution < -0.4 is 10.5 Å². The lowest BCUT2D eigenvalue weighted by Gasteiger charge is -2.13. The van der Waals surface area contributed by atoms with E-state index < -0.39 is 10.0 Å². The molecule has 0 aliphatic heterocycles. The van der Waals surface area contributed by atoms with E-state index in [9.17, 15) is 8.42 Å². The molecule has 0 aliphatic carbocycles. The maximum absolute atomic E-state index is 12.5. The molecule has 112 valence electrons. The summed E-state index contributed by atoms with van der Waals surface area (Å²) >= 11 is 6.07. The maximum atomic E-state index is 12.5. The Kier molecular flexibility index (Phi) is 4.56. The molecule has 0 radical (unpaired) electrons. The number of hydrogen-bond acceptors (Lipinski definition) is 3. The van der Waals surface area contributed by atoms with E-state index in [0.29, 0.717) is 22.8 Å². The third-order valence-corrected chi connectivity index (χ3v) is 5.10. The standard InChI is InChI=1S/C15H17ClN2O2S/c1-10-6-7-14(13(16)8-10)18-21(19,20)15-5-3-4-12(9-17)11(15)2/h3-8,18H,9,17H2,1-2H3. The smallest absolute Gasteiger partial charge is 0.262 e. The number of hydrogen-bond donors (Lipinski definition) is 2. The normalized spacial score (nSPS) is 11.4. The quantitative estimate of drug-likeness (QED) is 0.907. The van der Waals surface area contributed by atoms with Crippen LogP contribution in [0.5, 0.6) is 0 Å². The number of rotatable bonds is 4. The lowest BCUT2D eigenvalue weighted by atomic mass is 10.1. The first-order chi connectivity index (χ1) is 9.85. The lowest BCUT2D eigenvalue weighted by Crippen LogP contribution is -2.16. The third kappa shape index (κ3) is 3.37. The third-order valence-electron chi connectivity index (χ3n) is 3.27. The average Bonchev–Trinajstić information content (AvgIpc) is 2.42. The van der Waals surface area contributed by atoms with Crippen molar-refractivity contribution in [1.29, 1.82) is 0 Å². The molecule has 0 aromatic heterocycles. The molecule has 0 atom stereocenters. The maximum Gasteiger partial charge on any atom is 0.262 e. The van der Waals surface area contributed by atoms with Gasteiger partial charge in [0.15, 0.2) is 0 Å². The Bertz CT molecular complexity index is 773. The van der Waals surface area contributed by atoms with Gasteiger partial charge in [-0.1, -0.05) is 29.8 Å². The molecule has 0 fully saturated rings. The zero-order chi connectivity index (χ0) is 15.6. The molecule has 0 amide bonds. The van der Waals surface area contributed by atoms with Gasteiger partial charge in [0.1, 0.15) is 0 Å². The zero-order valence-electron chi connectivity index (χ0n) is 11.9. The van der Waals surface area contributed by atoms with Crippen LogP contribution in [0.15, 0.2) is 41.3 Å². The van der Waals surface area contributed by atoms with Crippen molar-refractivity contribution < 1.29 is 8.42 Å². The molecule has 0 saturated heterocycles. The van der Waals surface area contributed by atoms with Crippen LogP contribution in [0.1, 0.15) is 16.7 Å². The van der Waals surface area contributed by atoms with Crippen LogP contribution in [0.4, 0.5) is 5.69 Å². The molecule has 0 heterocycles. The highest BCUT2D eigenvalue weighted by molar-refractivity contribution is 7.92. The van der Waals surface area contributed by atoms with Gasteiger partial charge in [0, 0.05) is 6.54 Å². The Morgan fingerprint density at radius 2 is 1.90 bits per heavy atom. The minimum atomic E-state index is -3.70. The molecule has 2 aromatic rings. The number of anilines is 1. The Hall–Kier alpha value is -1.56. The van der Waals surface area contributed by atoms with Gasteiger partial charge in [0.25, 0.3) is 10.0 Å². The Balaban J connectivity index is 2.43. The van der Waals surface area contributed by atoms with Gasteiger partial charge in [-0.3, -0.25) is 4.72 Å². The van der Waals surface area contributed by atoms with Crippen LogP contribution in [-0.2, 0) is 16.6 Å². The summed E-state index contributed by atoms with van der Waals surface area (Å²) in [4.78, 5) is 0.210. The summed E-state index contributed by atoms with van der Waals surface area (Å²) in [5.74, 6) is 0. The molecule has 0 aliphatic rings. The van der Waals surface area contributed by atoms with Crippen LogP contribution >= 0.6 is 11.6 Å². The van der Waals surface area contributed by atoms with E-state index >= 15 is 0 Å².